The molecular weight excluding hydrogens is 282 g/mol. The highest BCUT2D eigenvalue weighted by molar-refractivity contribution is 5.46. The molecule has 0 saturated heterocycles. The van der Waals surface area contributed by atoms with Gasteiger partial charge < -0.3 is 10.2 Å². The molecule has 0 aliphatic heterocycles. The second-order valence-electron chi connectivity index (χ2n) is 5.32. The quantitative estimate of drug-likeness (QED) is 0.736. The number of nitrogens with zero attached hydrogens (tertiary/aromatic N) is 5. The van der Waals surface area contributed by atoms with Gasteiger partial charge in [-0.1, -0.05) is 18.2 Å². The largest absolute Gasteiger partial charge is 0.396 e. The van der Waals surface area contributed by atoms with Crippen LogP contribution in [0.4, 0.5) is 0 Å². The van der Waals surface area contributed by atoms with Gasteiger partial charge >= 0.3 is 0 Å². The fourth-order valence-corrected chi connectivity index (χ4v) is 2.52. The zero-order valence-electron chi connectivity index (χ0n) is 13.1. The number of benzene rings is 1. The van der Waals surface area contributed by atoms with Gasteiger partial charge in [0, 0.05) is 19.7 Å². The molecule has 0 unspecified atom stereocenters. The van der Waals surface area contributed by atoms with E-state index in [2.05, 4.69) is 15.5 Å². The SMILES string of the molecule is Cc1cccc(C)c1-n1nnnc1CN(CCO)CCCO. The molecule has 7 heteroatoms. The van der Waals surface area contributed by atoms with Crippen molar-refractivity contribution in [2.24, 2.45) is 0 Å². The van der Waals surface area contributed by atoms with Crippen LogP contribution in [0.1, 0.15) is 23.4 Å². The Labute approximate surface area is 130 Å². The Morgan fingerprint density at radius 1 is 1.09 bits per heavy atom. The van der Waals surface area contributed by atoms with Gasteiger partial charge in [-0.2, -0.15) is 4.68 Å². The number of aliphatic hydroxyl groups is 2. The minimum Gasteiger partial charge on any atom is -0.396 e. The molecule has 0 aliphatic rings. The van der Waals surface area contributed by atoms with Crippen LogP contribution in [0.15, 0.2) is 18.2 Å². The molecule has 0 spiro atoms. The van der Waals surface area contributed by atoms with Crippen molar-refractivity contribution in [1.29, 1.82) is 0 Å². The van der Waals surface area contributed by atoms with E-state index in [9.17, 15) is 5.11 Å². The van der Waals surface area contributed by atoms with Gasteiger partial charge in [0.15, 0.2) is 5.82 Å². The van der Waals surface area contributed by atoms with Crippen LogP contribution in [0.5, 0.6) is 0 Å². The van der Waals surface area contributed by atoms with Crippen molar-refractivity contribution in [2.45, 2.75) is 26.8 Å². The third kappa shape index (κ3) is 3.88. The highest BCUT2D eigenvalue weighted by Crippen LogP contribution is 2.19. The van der Waals surface area contributed by atoms with Crippen molar-refractivity contribution in [1.82, 2.24) is 25.1 Å². The number of aromatic nitrogens is 4. The summed E-state index contributed by atoms with van der Waals surface area (Å²) in [5.74, 6) is 0.726. The number of tetrazole rings is 1. The van der Waals surface area contributed by atoms with Crippen molar-refractivity contribution >= 4 is 0 Å². The zero-order valence-corrected chi connectivity index (χ0v) is 13.1. The Hall–Kier alpha value is -1.83. The average molecular weight is 305 g/mol. The molecule has 22 heavy (non-hydrogen) atoms. The Morgan fingerprint density at radius 2 is 1.82 bits per heavy atom. The molecular formula is C15H23N5O2. The molecule has 0 atom stereocenters. The summed E-state index contributed by atoms with van der Waals surface area (Å²) < 4.78 is 1.76. The number of para-hydroxylation sites is 1. The van der Waals surface area contributed by atoms with Crippen LogP contribution in [0.2, 0.25) is 0 Å². The molecule has 0 aliphatic carbocycles. The Kier molecular flexibility index (Phi) is 6.00. The first-order valence-electron chi connectivity index (χ1n) is 7.45. The van der Waals surface area contributed by atoms with Crippen LogP contribution in [0.25, 0.3) is 5.69 Å². The summed E-state index contributed by atoms with van der Waals surface area (Å²) in [5.41, 5.74) is 3.21. The van der Waals surface area contributed by atoms with Crippen molar-refractivity contribution in [3.63, 3.8) is 0 Å². The first-order valence-corrected chi connectivity index (χ1v) is 7.45. The summed E-state index contributed by atoms with van der Waals surface area (Å²) in [5, 5.41) is 30.2. The van der Waals surface area contributed by atoms with Crippen LogP contribution in [0.3, 0.4) is 0 Å². The summed E-state index contributed by atoms with van der Waals surface area (Å²) in [4.78, 5) is 2.03. The van der Waals surface area contributed by atoms with Gasteiger partial charge in [-0.05, 0) is 41.8 Å². The zero-order chi connectivity index (χ0) is 15.9. The maximum absolute atomic E-state index is 9.18. The van der Waals surface area contributed by atoms with Gasteiger partial charge in [0.05, 0.1) is 18.8 Å². The fourth-order valence-electron chi connectivity index (χ4n) is 2.52. The summed E-state index contributed by atoms with van der Waals surface area (Å²) >= 11 is 0. The summed E-state index contributed by atoms with van der Waals surface area (Å²) in [6.45, 7) is 6.01. The third-order valence-electron chi connectivity index (χ3n) is 3.60. The van der Waals surface area contributed by atoms with E-state index in [1.54, 1.807) is 4.68 Å². The number of aryl methyl sites for hydroxylation is 2. The van der Waals surface area contributed by atoms with E-state index < -0.39 is 0 Å². The minimum atomic E-state index is 0.0659. The molecule has 2 N–H and O–H groups in total. The Bertz CT molecular complexity index is 579. The predicted molar refractivity (Wildman–Crippen MR) is 82.7 cm³/mol. The molecule has 0 amide bonds. The van der Waals surface area contributed by atoms with Crippen LogP contribution < -0.4 is 0 Å². The monoisotopic (exact) mass is 305 g/mol. The number of hydrogen-bond acceptors (Lipinski definition) is 6. The van der Waals surface area contributed by atoms with Crippen LogP contribution in [0, 0.1) is 13.8 Å². The third-order valence-corrected chi connectivity index (χ3v) is 3.60. The Balaban J connectivity index is 2.25. The van der Waals surface area contributed by atoms with Gasteiger partial charge in [0.2, 0.25) is 0 Å². The van der Waals surface area contributed by atoms with Crippen LogP contribution >= 0.6 is 0 Å². The molecule has 0 saturated carbocycles. The average Bonchev–Trinajstić information content (AvgIpc) is 2.93. The van der Waals surface area contributed by atoms with Crippen molar-refractivity contribution in [2.75, 3.05) is 26.3 Å². The van der Waals surface area contributed by atoms with E-state index in [0.717, 1.165) is 22.6 Å². The molecule has 0 fully saturated rings. The Morgan fingerprint density at radius 3 is 2.45 bits per heavy atom. The molecule has 0 bridgehead atoms. The lowest BCUT2D eigenvalue weighted by Gasteiger charge is -2.20. The second kappa shape index (κ2) is 7.98. The van der Waals surface area contributed by atoms with Gasteiger partial charge in [-0.3, -0.25) is 4.90 Å². The number of rotatable bonds is 8. The minimum absolute atomic E-state index is 0.0659. The summed E-state index contributed by atoms with van der Waals surface area (Å²) in [6, 6.07) is 6.08. The fraction of sp³-hybridized carbons (Fsp3) is 0.533. The van der Waals surface area contributed by atoms with E-state index in [0.29, 0.717) is 26.1 Å². The standard InChI is InChI=1S/C15H23N5O2/c1-12-5-3-6-13(2)15(12)20-14(16-17-18-20)11-19(8-10-22)7-4-9-21/h3,5-6,21-22H,4,7-11H2,1-2H3. The van der Waals surface area contributed by atoms with Gasteiger partial charge in [-0.25, -0.2) is 0 Å². The normalized spacial score (nSPS) is 11.3. The van der Waals surface area contributed by atoms with Crippen molar-refractivity contribution < 1.29 is 10.2 Å². The van der Waals surface area contributed by atoms with E-state index in [4.69, 9.17) is 5.11 Å². The first kappa shape index (κ1) is 16.5. The first-order chi connectivity index (χ1) is 10.7. The van der Waals surface area contributed by atoms with E-state index in [1.165, 1.54) is 0 Å². The van der Waals surface area contributed by atoms with Crippen LogP contribution in [-0.2, 0) is 6.54 Å². The van der Waals surface area contributed by atoms with Gasteiger partial charge in [0.25, 0.3) is 0 Å². The number of hydrogen-bond donors (Lipinski definition) is 2. The van der Waals surface area contributed by atoms with E-state index in [1.807, 2.05) is 36.9 Å². The predicted octanol–water partition coefficient (Wildman–Crippen LogP) is 0.456. The molecule has 0 radical (unpaired) electrons. The lowest BCUT2D eigenvalue weighted by atomic mass is 10.1. The lowest BCUT2D eigenvalue weighted by Crippen LogP contribution is -2.29. The molecule has 1 aromatic carbocycles. The molecule has 1 aromatic heterocycles. The smallest absolute Gasteiger partial charge is 0.170 e. The van der Waals surface area contributed by atoms with E-state index in [-0.39, 0.29) is 13.2 Å². The molecule has 2 rings (SSSR count). The van der Waals surface area contributed by atoms with Crippen LogP contribution in [-0.4, -0.2) is 61.6 Å². The maximum Gasteiger partial charge on any atom is 0.170 e. The topological polar surface area (TPSA) is 87.3 Å². The molecule has 7 nitrogen and oxygen atoms in total. The summed E-state index contributed by atoms with van der Waals surface area (Å²) in [6.07, 6.45) is 0.658. The molecule has 1 heterocycles. The van der Waals surface area contributed by atoms with Crippen molar-refractivity contribution in [3.05, 3.63) is 35.2 Å². The highest BCUT2D eigenvalue weighted by atomic mass is 16.3. The van der Waals surface area contributed by atoms with Gasteiger partial charge in [0.1, 0.15) is 0 Å². The van der Waals surface area contributed by atoms with Crippen molar-refractivity contribution in [3.8, 4) is 5.69 Å². The molecule has 2 aromatic rings. The molecule has 120 valence electrons. The lowest BCUT2D eigenvalue weighted by molar-refractivity contribution is 0.170. The second-order valence-corrected chi connectivity index (χ2v) is 5.32. The summed E-state index contributed by atoms with van der Waals surface area (Å²) in [7, 11) is 0. The van der Waals surface area contributed by atoms with Gasteiger partial charge in [-0.15, -0.1) is 5.10 Å². The van der Waals surface area contributed by atoms with E-state index >= 15 is 0 Å². The maximum atomic E-state index is 9.18. The number of aliphatic hydroxyl groups excluding tert-OH is 2. The highest BCUT2D eigenvalue weighted by Gasteiger charge is 2.15.